The van der Waals surface area contributed by atoms with Gasteiger partial charge in [-0.1, -0.05) is 42.1 Å². The monoisotopic (exact) mass is 482 g/mol. The minimum absolute atomic E-state index is 0.0798. The third-order valence-corrected chi connectivity index (χ3v) is 6.88. The third-order valence-electron chi connectivity index (χ3n) is 5.71. The van der Waals surface area contributed by atoms with Crippen LogP contribution in [0.25, 0.3) is 0 Å². The molecule has 8 nitrogen and oxygen atoms in total. The van der Waals surface area contributed by atoms with Crippen molar-refractivity contribution in [2.45, 2.75) is 18.1 Å². The average molecular weight is 483 g/mol. The molecule has 2 heterocycles. The number of aliphatic imine (C=N–C) groups is 1. The number of para-hydroxylation sites is 3. The van der Waals surface area contributed by atoms with Gasteiger partial charge in [-0.2, -0.15) is 0 Å². The minimum Gasteiger partial charge on any atom is -0.494 e. The zero-order valence-electron chi connectivity index (χ0n) is 19.3. The molecular formula is C25H30N4O4S. The number of morpholine rings is 1. The zero-order chi connectivity index (χ0) is 23.8. The van der Waals surface area contributed by atoms with E-state index in [-0.39, 0.29) is 18.2 Å². The highest BCUT2D eigenvalue weighted by atomic mass is 32.2. The van der Waals surface area contributed by atoms with Crippen molar-refractivity contribution in [3.63, 3.8) is 0 Å². The third kappa shape index (κ3) is 6.37. The number of methoxy groups -OCH3 is 1. The molecule has 2 aliphatic rings. The number of carbonyl (C=O) groups excluding carboxylic acids is 2. The zero-order valence-corrected chi connectivity index (χ0v) is 20.1. The Morgan fingerprint density at radius 1 is 1.12 bits per heavy atom. The highest BCUT2D eigenvalue weighted by Gasteiger charge is 2.39. The Labute approximate surface area is 204 Å². The Bertz CT molecular complexity index is 1010. The van der Waals surface area contributed by atoms with Crippen molar-refractivity contribution >= 4 is 40.1 Å². The first-order valence-corrected chi connectivity index (χ1v) is 12.4. The Kier molecular flexibility index (Phi) is 8.56. The summed E-state index contributed by atoms with van der Waals surface area (Å²) in [4.78, 5) is 34.8. The van der Waals surface area contributed by atoms with Crippen molar-refractivity contribution in [3.8, 4) is 5.75 Å². The van der Waals surface area contributed by atoms with Gasteiger partial charge in [-0.15, -0.1) is 0 Å². The van der Waals surface area contributed by atoms with Gasteiger partial charge in [0.2, 0.25) is 11.8 Å². The van der Waals surface area contributed by atoms with Crippen molar-refractivity contribution in [2.24, 2.45) is 4.99 Å². The molecule has 2 saturated heterocycles. The molecule has 0 saturated carbocycles. The number of amidine groups is 1. The highest BCUT2D eigenvalue weighted by Crippen LogP contribution is 2.34. The quantitative estimate of drug-likeness (QED) is 0.590. The fraction of sp³-hybridized carbons (Fsp3) is 0.400. The minimum atomic E-state index is -0.513. The van der Waals surface area contributed by atoms with Gasteiger partial charge in [0.25, 0.3) is 0 Å². The van der Waals surface area contributed by atoms with Crippen LogP contribution in [0.4, 0.5) is 11.4 Å². The number of anilines is 1. The van der Waals surface area contributed by atoms with Crippen LogP contribution >= 0.6 is 11.8 Å². The summed E-state index contributed by atoms with van der Waals surface area (Å²) >= 11 is 1.34. The maximum absolute atomic E-state index is 13.3. The van der Waals surface area contributed by atoms with Crippen LogP contribution in [0.2, 0.25) is 0 Å². The molecule has 1 N–H and O–H groups in total. The molecule has 0 radical (unpaired) electrons. The van der Waals surface area contributed by atoms with Gasteiger partial charge >= 0.3 is 0 Å². The molecule has 34 heavy (non-hydrogen) atoms. The van der Waals surface area contributed by atoms with Gasteiger partial charge in [0, 0.05) is 38.3 Å². The van der Waals surface area contributed by atoms with Crippen LogP contribution in [0.15, 0.2) is 59.6 Å². The van der Waals surface area contributed by atoms with Gasteiger partial charge in [0.15, 0.2) is 5.17 Å². The van der Waals surface area contributed by atoms with Crippen LogP contribution < -0.4 is 10.1 Å². The molecular weight excluding hydrogens is 452 g/mol. The van der Waals surface area contributed by atoms with Crippen molar-refractivity contribution in [1.82, 2.24) is 9.80 Å². The lowest BCUT2D eigenvalue weighted by Gasteiger charge is -2.27. The largest absolute Gasteiger partial charge is 0.494 e. The number of benzene rings is 2. The van der Waals surface area contributed by atoms with E-state index in [9.17, 15) is 9.59 Å². The molecule has 0 bridgehead atoms. The first kappa shape index (κ1) is 24.3. The van der Waals surface area contributed by atoms with Gasteiger partial charge in [0.1, 0.15) is 16.7 Å². The maximum atomic E-state index is 13.3. The second-order valence-corrected chi connectivity index (χ2v) is 9.26. The molecule has 0 spiro atoms. The normalized spacial score (nSPS) is 20.0. The SMILES string of the molecule is COc1ccccc1N=C1SC(CC(=O)Nc2ccccc2)C(=O)N1CCCN1CCOCC1. The molecule has 2 aromatic rings. The van der Waals surface area contributed by atoms with Crippen molar-refractivity contribution in [2.75, 3.05) is 51.8 Å². The van der Waals surface area contributed by atoms with Crippen LogP contribution in [0.5, 0.6) is 5.75 Å². The van der Waals surface area contributed by atoms with E-state index in [1.54, 1.807) is 12.0 Å². The number of hydrogen-bond acceptors (Lipinski definition) is 7. The van der Waals surface area contributed by atoms with Crippen LogP contribution in [0.1, 0.15) is 12.8 Å². The number of thioether (sulfide) groups is 1. The molecule has 1 unspecified atom stereocenters. The second kappa shape index (κ2) is 12.0. The van der Waals surface area contributed by atoms with E-state index in [4.69, 9.17) is 14.5 Å². The summed E-state index contributed by atoms with van der Waals surface area (Å²) in [6, 6.07) is 16.7. The van der Waals surface area contributed by atoms with Gasteiger partial charge in [-0.25, -0.2) is 4.99 Å². The predicted octanol–water partition coefficient (Wildman–Crippen LogP) is 3.38. The molecule has 180 valence electrons. The standard InChI is InChI=1S/C25H30N4O4S/c1-32-21-11-6-5-10-20(21)27-25-29(13-7-12-28-14-16-33-17-15-28)24(31)22(34-25)18-23(30)26-19-8-3-2-4-9-19/h2-6,8-11,22H,7,12-18H2,1H3,(H,26,30). The topological polar surface area (TPSA) is 83.5 Å². The molecule has 2 aliphatic heterocycles. The van der Waals surface area contributed by atoms with Crippen molar-refractivity contribution in [1.29, 1.82) is 0 Å². The molecule has 2 amide bonds. The lowest BCUT2D eigenvalue weighted by atomic mass is 10.2. The van der Waals surface area contributed by atoms with E-state index in [0.29, 0.717) is 28.8 Å². The Balaban J connectivity index is 1.46. The fourth-order valence-corrected chi connectivity index (χ4v) is 5.11. The number of ether oxygens (including phenoxy) is 2. The Hall–Kier alpha value is -2.88. The lowest BCUT2D eigenvalue weighted by molar-refractivity contribution is -0.128. The summed E-state index contributed by atoms with van der Waals surface area (Å²) < 4.78 is 10.9. The molecule has 1 atom stereocenters. The van der Waals surface area contributed by atoms with Crippen LogP contribution in [-0.4, -0.2) is 78.5 Å². The number of hydrogen-bond donors (Lipinski definition) is 1. The number of carbonyl (C=O) groups is 2. The number of nitrogens with zero attached hydrogens (tertiary/aromatic N) is 3. The summed E-state index contributed by atoms with van der Waals surface area (Å²) in [6.45, 7) is 4.75. The van der Waals surface area contributed by atoms with Gasteiger partial charge < -0.3 is 14.8 Å². The number of nitrogens with one attached hydrogen (secondary N) is 1. The van der Waals surface area contributed by atoms with E-state index in [0.717, 1.165) is 39.3 Å². The van der Waals surface area contributed by atoms with Crippen LogP contribution in [0.3, 0.4) is 0 Å². The molecule has 0 aromatic heterocycles. The van der Waals surface area contributed by atoms with E-state index in [2.05, 4.69) is 10.2 Å². The van der Waals surface area contributed by atoms with Crippen LogP contribution in [-0.2, 0) is 14.3 Å². The maximum Gasteiger partial charge on any atom is 0.242 e. The van der Waals surface area contributed by atoms with E-state index >= 15 is 0 Å². The average Bonchev–Trinajstić information content (AvgIpc) is 3.14. The van der Waals surface area contributed by atoms with Gasteiger partial charge in [0.05, 0.1) is 20.3 Å². The molecule has 9 heteroatoms. The Morgan fingerprint density at radius 3 is 2.62 bits per heavy atom. The van der Waals surface area contributed by atoms with Crippen molar-refractivity contribution in [3.05, 3.63) is 54.6 Å². The van der Waals surface area contributed by atoms with Gasteiger partial charge in [-0.05, 0) is 30.7 Å². The van der Waals surface area contributed by atoms with E-state index < -0.39 is 5.25 Å². The second-order valence-electron chi connectivity index (χ2n) is 8.09. The first-order chi connectivity index (χ1) is 16.6. The summed E-state index contributed by atoms with van der Waals surface area (Å²) in [7, 11) is 1.60. The lowest BCUT2D eigenvalue weighted by Crippen LogP contribution is -2.39. The summed E-state index contributed by atoms with van der Waals surface area (Å²) in [5, 5.41) is 2.96. The van der Waals surface area contributed by atoms with Crippen molar-refractivity contribution < 1.29 is 19.1 Å². The summed E-state index contributed by atoms with van der Waals surface area (Å²) in [5.41, 5.74) is 1.38. The number of rotatable bonds is 9. The number of amides is 2. The predicted molar refractivity (Wildman–Crippen MR) is 135 cm³/mol. The van der Waals surface area contributed by atoms with E-state index in [1.807, 2.05) is 54.6 Å². The van der Waals surface area contributed by atoms with Crippen LogP contribution in [0, 0.1) is 0 Å². The molecule has 4 rings (SSSR count). The molecule has 2 fully saturated rings. The Morgan fingerprint density at radius 2 is 1.85 bits per heavy atom. The van der Waals surface area contributed by atoms with Gasteiger partial charge in [-0.3, -0.25) is 19.4 Å². The molecule has 0 aliphatic carbocycles. The smallest absolute Gasteiger partial charge is 0.242 e. The first-order valence-electron chi connectivity index (χ1n) is 11.5. The summed E-state index contributed by atoms with van der Waals surface area (Å²) in [6.07, 6.45) is 0.906. The molecule has 2 aromatic carbocycles. The fourth-order valence-electron chi connectivity index (χ4n) is 3.94. The summed E-state index contributed by atoms with van der Waals surface area (Å²) in [5.74, 6) is 0.370. The highest BCUT2D eigenvalue weighted by molar-refractivity contribution is 8.15. The van der Waals surface area contributed by atoms with E-state index in [1.165, 1.54) is 11.8 Å².